The predicted octanol–water partition coefficient (Wildman–Crippen LogP) is 0.0612. The summed E-state index contributed by atoms with van der Waals surface area (Å²) in [5.74, 6) is 0. The van der Waals surface area contributed by atoms with E-state index in [1.54, 1.807) is 17.0 Å². The van der Waals surface area contributed by atoms with Crippen molar-refractivity contribution in [2.24, 2.45) is 5.73 Å². The summed E-state index contributed by atoms with van der Waals surface area (Å²) in [4.78, 5) is 0. The number of aromatic nitrogens is 2. The summed E-state index contributed by atoms with van der Waals surface area (Å²) in [5, 5.41) is 12.8. The molecule has 66 valence electrons. The first-order valence-electron chi connectivity index (χ1n) is 3.77. The van der Waals surface area contributed by atoms with Crippen molar-refractivity contribution in [3.63, 3.8) is 0 Å². The normalized spacial score (nSPS) is 12.8. The van der Waals surface area contributed by atoms with Gasteiger partial charge < -0.3 is 10.8 Å². The topological polar surface area (TPSA) is 64.1 Å². The second-order valence-corrected chi connectivity index (χ2v) is 2.57. The van der Waals surface area contributed by atoms with Crippen LogP contribution >= 0.6 is 0 Å². The van der Waals surface area contributed by atoms with Gasteiger partial charge in [0.15, 0.2) is 0 Å². The predicted molar refractivity (Wildman–Crippen MR) is 46.4 cm³/mol. The van der Waals surface area contributed by atoms with Crippen LogP contribution in [-0.4, -0.2) is 21.5 Å². The number of aliphatic hydroxyl groups excluding tert-OH is 1. The van der Waals surface area contributed by atoms with Crippen LogP contribution in [0.3, 0.4) is 0 Å². The minimum absolute atomic E-state index is 0.0558. The fourth-order valence-electron chi connectivity index (χ4n) is 0.909. The maximum Gasteiger partial charge on any atom is 0.0625 e. The summed E-state index contributed by atoms with van der Waals surface area (Å²) in [6.45, 7) is 4.20. The van der Waals surface area contributed by atoms with Gasteiger partial charge >= 0.3 is 0 Å². The number of nitrogens with zero attached hydrogens (tertiary/aromatic N) is 2. The molecule has 0 fully saturated rings. The van der Waals surface area contributed by atoms with Gasteiger partial charge in [0.2, 0.25) is 0 Å². The fraction of sp³-hybridized carbons (Fsp3) is 0.375. The summed E-state index contributed by atoms with van der Waals surface area (Å²) < 4.78 is 1.72. The maximum absolute atomic E-state index is 8.75. The van der Waals surface area contributed by atoms with Crippen molar-refractivity contribution in [1.82, 2.24) is 9.78 Å². The van der Waals surface area contributed by atoms with Crippen LogP contribution in [0.25, 0.3) is 0 Å². The van der Waals surface area contributed by atoms with Crippen LogP contribution in [0.1, 0.15) is 11.6 Å². The second-order valence-electron chi connectivity index (χ2n) is 2.57. The van der Waals surface area contributed by atoms with Crippen molar-refractivity contribution in [3.05, 3.63) is 30.6 Å². The lowest BCUT2D eigenvalue weighted by atomic mass is 10.2. The molecule has 0 amide bonds. The van der Waals surface area contributed by atoms with Crippen LogP contribution in [0, 0.1) is 0 Å². The zero-order valence-electron chi connectivity index (χ0n) is 6.85. The molecule has 0 bridgehead atoms. The van der Waals surface area contributed by atoms with E-state index in [0.717, 1.165) is 5.56 Å². The quantitative estimate of drug-likeness (QED) is 0.623. The molecule has 1 rings (SSSR count). The van der Waals surface area contributed by atoms with Crippen LogP contribution in [0.4, 0.5) is 0 Å². The Morgan fingerprint density at radius 2 is 2.58 bits per heavy atom. The van der Waals surface area contributed by atoms with Crippen molar-refractivity contribution in [2.75, 3.05) is 6.61 Å². The number of rotatable bonds is 4. The Balaban J connectivity index is 2.69. The molecule has 0 radical (unpaired) electrons. The van der Waals surface area contributed by atoms with Gasteiger partial charge in [-0.1, -0.05) is 6.08 Å². The van der Waals surface area contributed by atoms with Crippen LogP contribution < -0.4 is 5.73 Å². The molecule has 4 nitrogen and oxygen atoms in total. The van der Waals surface area contributed by atoms with Crippen molar-refractivity contribution < 1.29 is 5.11 Å². The molecule has 0 aromatic carbocycles. The van der Waals surface area contributed by atoms with Gasteiger partial charge in [0.05, 0.1) is 25.4 Å². The van der Waals surface area contributed by atoms with Crippen molar-refractivity contribution in [2.45, 2.75) is 12.6 Å². The lowest BCUT2D eigenvalue weighted by Crippen LogP contribution is -2.13. The number of hydrogen-bond acceptors (Lipinski definition) is 3. The fourth-order valence-corrected chi connectivity index (χ4v) is 0.909. The molecule has 0 aliphatic carbocycles. The molecule has 1 aromatic heterocycles. The van der Waals surface area contributed by atoms with Crippen molar-refractivity contribution >= 4 is 0 Å². The zero-order chi connectivity index (χ0) is 8.97. The van der Waals surface area contributed by atoms with Gasteiger partial charge in [0.1, 0.15) is 0 Å². The van der Waals surface area contributed by atoms with E-state index in [2.05, 4.69) is 11.7 Å². The molecule has 0 aliphatic rings. The van der Waals surface area contributed by atoms with Gasteiger partial charge in [-0.05, 0) is 0 Å². The highest BCUT2D eigenvalue weighted by atomic mass is 16.3. The monoisotopic (exact) mass is 167 g/mol. The van der Waals surface area contributed by atoms with E-state index in [1.165, 1.54) is 0 Å². The van der Waals surface area contributed by atoms with E-state index in [9.17, 15) is 0 Å². The molecule has 0 saturated carbocycles. The Morgan fingerprint density at radius 1 is 1.83 bits per heavy atom. The number of aliphatic hydroxyl groups is 1. The molecule has 1 unspecified atom stereocenters. The van der Waals surface area contributed by atoms with Gasteiger partial charge in [0.25, 0.3) is 0 Å². The standard InChI is InChI=1S/C8H13N3O/c1-2-3-11-5-7(4-10-11)8(9)6-12/h2,4-5,8,12H,1,3,6,9H2. The summed E-state index contributed by atoms with van der Waals surface area (Å²) in [6, 6.07) is -0.330. The molecule has 12 heavy (non-hydrogen) atoms. The smallest absolute Gasteiger partial charge is 0.0625 e. The molecule has 1 atom stereocenters. The molecule has 0 aliphatic heterocycles. The molecule has 1 heterocycles. The first kappa shape index (κ1) is 8.96. The average Bonchev–Trinajstić information content (AvgIpc) is 2.52. The zero-order valence-corrected chi connectivity index (χ0v) is 6.85. The Morgan fingerprint density at radius 3 is 3.17 bits per heavy atom. The third-order valence-electron chi connectivity index (χ3n) is 1.59. The largest absolute Gasteiger partial charge is 0.394 e. The minimum atomic E-state index is -0.330. The molecule has 3 N–H and O–H groups in total. The van der Waals surface area contributed by atoms with E-state index in [4.69, 9.17) is 10.8 Å². The van der Waals surface area contributed by atoms with E-state index in [0.29, 0.717) is 6.54 Å². The number of nitrogens with two attached hydrogens (primary N) is 1. The Hall–Kier alpha value is -1.13. The van der Waals surface area contributed by atoms with Crippen molar-refractivity contribution in [1.29, 1.82) is 0 Å². The van der Waals surface area contributed by atoms with Gasteiger partial charge in [-0.15, -0.1) is 6.58 Å². The van der Waals surface area contributed by atoms with Gasteiger partial charge in [-0.2, -0.15) is 5.10 Å². The molecular formula is C8H13N3O. The molecule has 0 saturated heterocycles. The third kappa shape index (κ3) is 1.93. The van der Waals surface area contributed by atoms with E-state index in [-0.39, 0.29) is 12.6 Å². The molecule has 4 heteroatoms. The first-order chi connectivity index (χ1) is 5.77. The third-order valence-corrected chi connectivity index (χ3v) is 1.59. The maximum atomic E-state index is 8.75. The average molecular weight is 167 g/mol. The SMILES string of the molecule is C=CCn1cc(C(N)CO)cn1. The second kappa shape index (κ2) is 4.04. The molecular weight excluding hydrogens is 154 g/mol. The van der Waals surface area contributed by atoms with Crippen LogP contribution in [-0.2, 0) is 6.54 Å². The van der Waals surface area contributed by atoms with Crippen LogP contribution in [0.5, 0.6) is 0 Å². The van der Waals surface area contributed by atoms with E-state index < -0.39 is 0 Å². The summed E-state index contributed by atoms with van der Waals surface area (Å²) in [6.07, 6.45) is 5.22. The van der Waals surface area contributed by atoms with Gasteiger partial charge in [-0.25, -0.2) is 0 Å². The number of hydrogen-bond donors (Lipinski definition) is 2. The van der Waals surface area contributed by atoms with E-state index >= 15 is 0 Å². The number of allylic oxidation sites excluding steroid dienone is 1. The Kier molecular flexibility index (Phi) is 3.01. The highest BCUT2D eigenvalue weighted by molar-refractivity contribution is 5.09. The van der Waals surface area contributed by atoms with Gasteiger partial charge in [0, 0.05) is 11.8 Å². The van der Waals surface area contributed by atoms with Crippen LogP contribution in [0.2, 0.25) is 0 Å². The highest BCUT2D eigenvalue weighted by Gasteiger charge is 2.05. The summed E-state index contributed by atoms with van der Waals surface area (Å²) in [5.41, 5.74) is 6.42. The lowest BCUT2D eigenvalue weighted by Gasteiger charge is -2.02. The van der Waals surface area contributed by atoms with Crippen molar-refractivity contribution in [3.8, 4) is 0 Å². The Bertz CT molecular complexity index is 257. The highest BCUT2D eigenvalue weighted by Crippen LogP contribution is 2.07. The first-order valence-corrected chi connectivity index (χ1v) is 3.77. The molecule has 0 spiro atoms. The summed E-state index contributed by atoms with van der Waals surface area (Å²) in [7, 11) is 0. The van der Waals surface area contributed by atoms with E-state index in [1.807, 2.05) is 6.20 Å². The summed E-state index contributed by atoms with van der Waals surface area (Å²) >= 11 is 0. The van der Waals surface area contributed by atoms with Crippen LogP contribution in [0.15, 0.2) is 25.0 Å². The Labute approximate surface area is 71.3 Å². The lowest BCUT2D eigenvalue weighted by molar-refractivity contribution is 0.268. The minimum Gasteiger partial charge on any atom is -0.394 e. The molecule has 1 aromatic rings. The van der Waals surface area contributed by atoms with Gasteiger partial charge in [-0.3, -0.25) is 4.68 Å².